The molecule has 0 spiro atoms. The Labute approximate surface area is 116 Å². The fraction of sp³-hybridized carbons (Fsp3) is 0.222. The summed E-state index contributed by atoms with van der Waals surface area (Å²) in [7, 11) is -3.88. The van der Waals surface area contributed by atoms with E-state index in [1.54, 1.807) is 0 Å². The van der Waals surface area contributed by atoms with E-state index in [2.05, 4.69) is 15.9 Å². The predicted molar refractivity (Wildman–Crippen MR) is 69.8 cm³/mol. The summed E-state index contributed by atoms with van der Waals surface area (Å²) in [6.07, 6.45) is 0.804. The molecule has 18 heavy (non-hydrogen) atoms. The molecule has 0 saturated heterocycles. The molecule has 1 aromatic rings. The predicted octanol–water partition coefficient (Wildman–Crippen LogP) is 2.11. The summed E-state index contributed by atoms with van der Waals surface area (Å²) >= 11 is 8.29. The molecule has 0 heterocycles. The monoisotopic (exact) mass is 355 g/mol. The first kappa shape index (κ1) is 15.1. The number of nitro benzene ring substituents is 1. The number of carbonyl (C=O) groups is 1. The summed E-state index contributed by atoms with van der Waals surface area (Å²) in [6, 6.07) is 4.47. The van der Waals surface area contributed by atoms with Gasteiger partial charge in [0, 0.05) is 24.0 Å². The normalized spacial score (nSPS) is 14.8. The molecule has 0 N–H and O–H groups in total. The van der Waals surface area contributed by atoms with Gasteiger partial charge in [0.2, 0.25) is 5.78 Å². The van der Waals surface area contributed by atoms with Crippen molar-refractivity contribution in [3.63, 3.8) is 0 Å². The van der Waals surface area contributed by atoms with Crippen molar-refractivity contribution < 1.29 is 18.1 Å². The lowest BCUT2D eigenvalue weighted by Gasteiger charge is -2.16. The summed E-state index contributed by atoms with van der Waals surface area (Å²) < 4.78 is 20.4. The third kappa shape index (κ3) is 2.88. The lowest BCUT2D eigenvalue weighted by Crippen LogP contribution is -2.34. The van der Waals surface area contributed by atoms with E-state index in [0.717, 1.165) is 30.5 Å². The van der Waals surface area contributed by atoms with Gasteiger partial charge in [-0.25, -0.2) is 8.42 Å². The first-order valence-electron chi connectivity index (χ1n) is 4.44. The van der Waals surface area contributed by atoms with Crippen LogP contribution in [0.3, 0.4) is 0 Å². The molecule has 9 heteroatoms. The van der Waals surface area contributed by atoms with Crippen LogP contribution in [0.25, 0.3) is 0 Å². The van der Waals surface area contributed by atoms with Gasteiger partial charge >= 0.3 is 0 Å². The van der Waals surface area contributed by atoms with Crippen LogP contribution >= 0.6 is 27.5 Å². The number of sulfone groups is 1. The minimum atomic E-state index is -3.88. The molecule has 0 fully saturated rings. The van der Waals surface area contributed by atoms with Crippen molar-refractivity contribution in [2.75, 3.05) is 6.26 Å². The zero-order valence-corrected chi connectivity index (χ0v) is 12.1. The zero-order chi connectivity index (χ0) is 14.1. The van der Waals surface area contributed by atoms with E-state index in [-0.39, 0.29) is 11.3 Å². The van der Waals surface area contributed by atoms with Crippen molar-refractivity contribution in [2.45, 2.75) is 3.12 Å². The smallest absolute Gasteiger partial charge is 0.269 e. The molecular formula is C9H7BrClNO5S. The first-order chi connectivity index (χ1) is 8.07. The Hall–Kier alpha value is -0.990. The Morgan fingerprint density at radius 1 is 1.39 bits per heavy atom. The molecule has 1 rings (SSSR count). The minimum Gasteiger partial charge on any atom is -0.290 e. The first-order valence-corrected chi connectivity index (χ1v) is 7.50. The Balaban J connectivity index is 3.17. The fourth-order valence-electron chi connectivity index (χ4n) is 1.07. The summed E-state index contributed by atoms with van der Waals surface area (Å²) in [4.78, 5) is 21.7. The fourth-order valence-corrected chi connectivity index (χ4v) is 1.86. The number of hydrogen-bond donors (Lipinski definition) is 0. The third-order valence-corrected chi connectivity index (χ3v) is 6.32. The maximum absolute atomic E-state index is 11.9. The molecule has 0 bridgehead atoms. The maximum atomic E-state index is 11.9. The molecule has 1 atom stereocenters. The zero-order valence-electron chi connectivity index (χ0n) is 8.96. The Morgan fingerprint density at radius 3 is 2.17 bits per heavy atom. The number of rotatable bonds is 4. The number of ketones is 1. The van der Waals surface area contributed by atoms with Crippen molar-refractivity contribution in [1.82, 2.24) is 0 Å². The second-order valence-electron chi connectivity index (χ2n) is 3.42. The highest BCUT2D eigenvalue weighted by Gasteiger charge is 2.44. The highest BCUT2D eigenvalue weighted by molar-refractivity contribution is 9.12. The Morgan fingerprint density at radius 2 is 1.83 bits per heavy atom. The standard InChI is InChI=1S/C9H7BrClNO5S/c1-18(16,17)9(10,11)8(13)6-2-4-7(5-3-6)12(14)15/h2-5H,1H3. The van der Waals surface area contributed by atoms with E-state index >= 15 is 0 Å². The summed E-state index contributed by atoms with van der Waals surface area (Å²) in [5.41, 5.74) is -0.251. The van der Waals surface area contributed by atoms with Crippen molar-refractivity contribution in [3.8, 4) is 0 Å². The molecule has 6 nitrogen and oxygen atoms in total. The van der Waals surface area contributed by atoms with Crippen LogP contribution < -0.4 is 0 Å². The van der Waals surface area contributed by atoms with Crippen molar-refractivity contribution in [3.05, 3.63) is 39.9 Å². The second-order valence-corrected chi connectivity index (χ2v) is 8.54. The lowest BCUT2D eigenvalue weighted by atomic mass is 10.1. The topological polar surface area (TPSA) is 94.3 Å². The van der Waals surface area contributed by atoms with E-state index in [9.17, 15) is 23.3 Å². The van der Waals surface area contributed by atoms with Gasteiger partial charge in [0.1, 0.15) is 0 Å². The second kappa shape index (κ2) is 4.94. The van der Waals surface area contributed by atoms with Gasteiger partial charge in [-0.05, 0) is 28.1 Å². The average Bonchev–Trinajstić information content (AvgIpc) is 2.26. The van der Waals surface area contributed by atoms with Crippen molar-refractivity contribution >= 4 is 48.8 Å². The SMILES string of the molecule is CS(=O)(=O)C(Cl)(Br)C(=O)c1ccc([N+](=O)[O-])cc1. The Bertz CT molecular complexity index is 596. The number of Topliss-reactive ketones (excluding diaryl/α,β-unsaturated/α-hetero) is 1. The Kier molecular flexibility index (Phi) is 4.14. The number of benzene rings is 1. The van der Waals surface area contributed by atoms with E-state index in [1.165, 1.54) is 0 Å². The van der Waals surface area contributed by atoms with E-state index in [1.807, 2.05) is 0 Å². The van der Waals surface area contributed by atoms with Crippen LogP contribution in [0.5, 0.6) is 0 Å². The molecule has 0 aliphatic heterocycles. The molecule has 0 aliphatic rings. The lowest BCUT2D eigenvalue weighted by molar-refractivity contribution is -0.384. The maximum Gasteiger partial charge on any atom is 0.269 e. The van der Waals surface area contributed by atoms with Crippen LogP contribution in [0.4, 0.5) is 5.69 Å². The van der Waals surface area contributed by atoms with E-state index in [0.29, 0.717) is 0 Å². The minimum absolute atomic E-state index is 0.0436. The van der Waals surface area contributed by atoms with Gasteiger partial charge in [0.15, 0.2) is 9.84 Å². The number of non-ortho nitro benzene ring substituents is 1. The largest absolute Gasteiger partial charge is 0.290 e. The average molecular weight is 357 g/mol. The molecule has 0 radical (unpaired) electrons. The third-order valence-electron chi connectivity index (χ3n) is 2.07. The highest BCUT2D eigenvalue weighted by Crippen LogP contribution is 2.34. The molecule has 0 amide bonds. The molecule has 0 aliphatic carbocycles. The number of nitro groups is 1. The van der Waals surface area contributed by atoms with Gasteiger partial charge in [-0.3, -0.25) is 14.9 Å². The molecule has 1 aromatic carbocycles. The van der Waals surface area contributed by atoms with Gasteiger partial charge in [-0.2, -0.15) is 0 Å². The quantitative estimate of drug-likeness (QED) is 0.356. The van der Waals surface area contributed by atoms with E-state index in [4.69, 9.17) is 11.6 Å². The van der Waals surface area contributed by atoms with Crippen LogP contribution in [0.1, 0.15) is 10.4 Å². The van der Waals surface area contributed by atoms with Crippen LogP contribution in [0.15, 0.2) is 24.3 Å². The number of carbonyl (C=O) groups excluding carboxylic acids is 1. The summed E-state index contributed by atoms with van der Waals surface area (Å²) in [5, 5.41) is 10.4. The number of nitrogens with zero attached hydrogens (tertiary/aromatic N) is 1. The molecule has 0 aromatic heterocycles. The van der Waals surface area contributed by atoms with Gasteiger partial charge in [-0.15, -0.1) is 0 Å². The highest BCUT2D eigenvalue weighted by atomic mass is 79.9. The van der Waals surface area contributed by atoms with Crippen LogP contribution in [0, 0.1) is 10.1 Å². The summed E-state index contributed by atoms with van der Waals surface area (Å²) in [5.74, 6) is -0.901. The molecule has 1 unspecified atom stereocenters. The summed E-state index contributed by atoms with van der Waals surface area (Å²) in [6.45, 7) is 0. The van der Waals surface area contributed by atoms with Crippen molar-refractivity contribution in [1.29, 1.82) is 0 Å². The van der Waals surface area contributed by atoms with Gasteiger partial charge in [0.25, 0.3) is 8.80 Å². The van der Waals surface area contributed by atoms with Crippen molar-refractivity contribution in [2.24, 2.45) is 0 Å². The molecular weight excluding hydrogens is 350 g/mol. The van der Waals surface area contributed by atoms with Crippen LogP contribution in [0.2, 0.25) is 0 Å². The van der Waals surface area contributed by atoms with E-state index < -0.39 is 23.7 Å². The van der Waals surface area contributed by atoms with Crippen LogP contribution in [-0.4, -0.2) is 28.5 Å². The number of alkyl halides is 2. The van der Waals surface area contributed by atoms with Gasteiger partial charge < -0.3 is 0 Å². The molecule has 0 saturated carbocycles. The van der Waals surface area contributed by atoms with Gasteiger partial charge in [-0.1, -0.05) is 11.6 Å². The number of hydrogen-bond acceptors (Lipinski definition) is 5. The molecule has 98 valence electrons. The van der Waals surface area contributed by atoms with Crippen LogP contribution in [-0.2, 0) is 9.84 Å². The number of halogens is 2. The van der Waals surface area contributed by atoms with Gasteiger partial charge in [0.05, 0.1) is 4.92 Å².